The Kier molecular flexibility index (Phi) is 5.54. The highest BCUT2D eigenvalue weighted by Gasteiger charge is 2.38. The van der Waals surface area contributed by atoms with E-state index < -0.39 is 6.10 Å². The normalized spacial score (nSPS) is 17.8. The van der Waals surface area contributed by atoms with Gasteiger partial charge in [0, 0.05) is 17.6 Å². The second kappa shape index (κ2) is 7.64. The lowest BCUT2D eigenvalue weighted by Crippen LogP contribution is -2.45. The number of hydrogen-bond donors (Lipinski definition) is 2. The molecular weight excluding hydrogens is 320 g/mol. The number of ether oxygens (including phenoxy) is 1. The van der Waals surface area contributed by atoms with Crippen LogP contribution in [-0.2, 0) is 5.54 Å². The van der Waals surface area contributed by atoms with E-state index in [4.69, 9.17) is 4.74 Å². The zero-order valence-electron chi connectivity index (χ0n) is 14.4. The molecule has 1 heterocycles. The lowest BCUT2D eigenvalue weighted by molar-refractivity contribution is 0.0961. The molecule has 1 aromatic carbocycles. The number of benzene rings is 1. The van der Waals surface area contributed by atoms with Gasteiger partial charge in [0.15, 0.2) is 0 Å². The van der Waals surface area contributed by atoms with Crippen LogP contribution in [0.15, 0.2) is 29.6 Å². The van der Waals surface area contributed by atoms with Crippen LogP contribution in [0, 0.1) is 13.8 Å². The predicted molar refractivity (Wildman–Crippen MR) is 97.7 cm³/mol. The fourth-order valence-electron chi connectivity index (χ4n) is 3.22. The molecular formula is C19H26N2O2S. The summed E-state index contributed by atoms with van der Waals surface area (Å²) < 4.78 is 5.68. The third-order valence-corrected chi connectivity index (χ3v) is 5.79. The molecule has 1 fully saturated rings. The molecule has 0 saturated heterocycles. The second-order valence-corrected chi connectivity index (χ2v) is 7.60. The molecule has 0 amide bonds. The van der Waals surface area contributed by atoms with Gasteiger partial charge in [-0.3, -0.25) is 0 Å². The Labute approximate surface area is 147 Å². The van der Waals surface area contributed by atoms with Gasteiger partial charge in [0.2, 0.25) is 0 Å². The van der Waals surface area contributed by atoms with E-state index in [0.717, 1.165) is 29.3 Å². The van der Waals surface area contributed by atoms with Gasteiger partial charge in [-0.15, -0.1) is 11.3 Å². The average molecular weight is 346 g/mol. The van der Waals surface area contributed by atoms with Crippen LogP contribution in [0.1, 0.15) is 41.9 Å². The summed E-state index contributed by atoms with van der Waals surface area (Å²) in [7, 11) is 0. The highest BCUT2D eigenvalue weighted by atomic mass is 32.1. The Hall–Kier alpha value is -1.43. The first kappa shape index (κ1) is 17.4. The van der Waals surface area contributed by atoms with Crippen LogP contribution in [0.25, 0.3) is 0 Å². The molecule has 1 aliphatic carbocycles. The van der Waals surface area contributed by atoms with Crippen LogP contribution in [0.5, 0.6) is 5.75 Å². The lowest BCUT2D eigenvalue weighted by Gasteiger charge is -2.29. The fraction of sp³-hybridized carbons (Fsp3) is 0.526. The van der Waals surface area contributed by atoms with E-state index in [-0.39, 0.29) is 5.54 Å². The van der Waals surface area contributed by atoms with Gasteiger partial charge in [0.1, 0.15) is 23.5 Å². The molecule has 2 N–H and O–H groups in total. The highest BCUT2D eigenvalue weighted by Crippen LogP contribution is 2.40. The van der Waals surface area contributed by atoms with Crippen molar-refractivity contribution in [3.63, 3.8) is 0 Å². The van der Waals surface area contributed by atoms with Gasteiger partial charge in [-0.2, -0.15) is 0 Å². The standard InChI is InChI=1S/C19H26N2O2S/c1-14-5-7-17(8-6-14)23-12-16(22)11-20-19(9-3-4-10-19)18-21-15(2)13-24-18/h5-8,13,16,20,22H,3-4,9-12H2,1-2H3. The molecule has 1 unspecified atom stereocenters. The number of aliphatic hydroxyl groups is 1. The first-order valence-corrected chi connectivity index (χ1v) is 9.50. The summed E-state index contributed by atoms with van der Waals surface area (Å²) in [5.41, 5.74) is 2.21. The molecule has 1 aliphatic rings. The summed E-state index contributed by atoms with van der Waals surface area (Å²) >= 11 is 1.72. The van der Waals surface area contributed by atoms with Crippen molar-refractivity contribution in [2.24, 2.45) is 0 Å². The van der Waals surface area contributed by atoms with Gasteiger partial charge < -0.3 is 15.2 Å². The molecule has 0 aliphatic heterocycles. The molecule has 4 nitrogen and oxygen atoms in total. The molecule has 0 spiro atoms. The van der Waals surface area contributed by atoms with Gasteiger partial charge in [0.05, 0.1) is 5.54 Å². The van der Waals surface area contributed by atoms with Gasteiger partial charge in [-0.05, 0) is 38.8 Å². The number of hydrogen-bond acceptors (Lipinski definition) is 5. The monoisotopic (exact) mass is 346 g/mol. The number of nitrogens with one attached hydrogen (secondary N) is 1. The van der Waals surface area contributed by atoms with Crippen molar-refractivity contribution < 1.29 is 9.84 Å². The van der Waals surface area contributed by atoms with E-state index in [1.165, 1.54) is 18.4 Å². The molecule has 3 rings (SSSR count). The number of rotatable bonds is 7. The molecule has 0 radical (unpaired) electrons. The largest absolute Gasteiger partial charge is 0.491 e. The minimum atomic E-state index is -0.537. The quantitative estimate of drug-likeness (QED) is 0.805. The Morgan fingerprint density at radius 2 is 1.96 bits per heavy atom. The first-order valence-electron chi connectivity index (χ1n) is 8.63. The van der Waals surface area contributed by atoms with Crippen molar-refractivity contribution in [1.29, 1.82) is 0 Å². The minimum Gasteiger partial charge on any atom is -0.491 e. The number of nitrogens with zero attached hydrogens (tertiary/aromatic N) is 1. The van der Waals surface area contributed by atoms with E-state index in [1.807, 2.05) is 38.1 Å². The van der Waals surface area contributed by atoms with E-state index in [2.05, 4.69) is 15.7 Å². The number of thiazole rings is 1. The molecule has 1 atom stereocenters. The summed E-state index contributed by atoms with van der Waals surface area (Å²) in [5.74, 6) is 0.797. The maximum Gasteiger partial charge on any atom is 0.119 e. The average Bonchev–Trinajstić information content (AvgIpc) is 3.22. The topological polar surface area (TPSA) is 54.4 Å². The lowest BCUT2D eigenvalue weighted by atomic mass is 9.98. The molecule has 0 bridgehead atoms. The smallest absolute Gasteiger partial charge is 0.119 e. The summed E-state index contributed by atoms with van der Waals surface area (Å²) in [4.78, 5) is 4.69. The van der Waals surface area contributed by atoms with E-state index in [9.17, 15) is 5.11 Å². The van der Waals surface area contributed by atoms with Crippen molar-refractivity contribution in [3.8, 4) is 5.75 Å². The molecule has 5 heteroatoms. The molecule has 130 valence electrons. The summed E-state index contributed by atoms with van der Waals surface area (Å²) in [6.45, 7) is 4.89. The van der Waals surface area contributed by atoms with E-state index >= 15 is 0 Å². The van der Waals surface area contributed by atoms with Crippen molar-refractivity contribution in [1.82, 2.24) is 10.3 Å². The minimum absolute atomic E-state index is 0.0657. The van der Waals surface area contributed by atoms with Gasteiger partial charge in [-0.25, -0.2) is 4.98 Å². The summed E-state index contributed by atoms with van der Waals surface area (Å²) in [5, 5.41) is 17.1. The van der Waals surface area contributed by atoms with Gasteiger partial charge in [0.25, 0.3) is 0 Å². The summed E-state index contributed by atoms with van der Waals surface area (Å²) in [6.07, 6.45) is 4.06. The van der Waals surface area contributed by atoms with Crippen molar-refractivity contribution in [2.45, 2.75) is 51.2 Å². The van der Waals surface area contributed by atoms with Gasteiger partial charge >= 0.3 is 0 Å². The maximum atomic E-state index is 10.3. The predicted octanol–water partition coefficient (Wildman–Crippen LogP) is 3.56. The Morgan fingerprint density at radius 1 is 1.25 bits per heavy atom. The second-order valence-electron chi connectivity index (χ2n) is 6.74. The number of aromatic nitrogens is 1. The van der Waals surface area contributed by atoms with Crippen molar-refractivity contribution >= 4 is 11.3 Å². The van der Waals surface area contributed by atoms with Gasteiger partial charge in [-0.1, -0.05) is 30.5 Å². The molecule has 1 aromatic heterocycles. The SMILES string of the molecule is Cc1ccc(OCC(O)CNC2(c3nc(C)cs3)CCCC2)cc1. The van der Waals surface area contributed by atoms with Crippen LogP contribution in [0.4, 0.5) is 0 Å². The van der Waals surface area contributed by atoms with E-state index in [1.54, 1.807) is 11.3 Å². The van der Waals surface area contributed by atoms with Crippen LogP contribution in [0.3, 0.4) is 0 Å². The first-order chi connectivity index (χ1) is 11.6. The molecule has 24 heavy (non-hydrogen) atoms. The van der Waals surface area contributed by atoms with Crippen LogP contribution < -0.4 is 10.1 Å². The molecule has 1 saturated carbocycles. The van der Waals surface area contributed by atoms with Crippen LogP contribution >= 0.6 is 11.3 Å². The summed E-state index contributed by atoms with van der Waals surface area (Å²) in [6, 6.07) is 7.90. The van der Waals surface area contributed by atoms with Crippen LogP contribution in [-0.4, -0.2) is 29.3 Å². The Morgan fingerprint density at radius 3 is 2.58 bits per heavy atom. The maximum absolute atomic E-state index is 10.3. The zero-order chi connectivity index (χ0) is 17.0. The Bertz CT molecular complexity index is 648. The van der Waals surface area contributed by atoms with E-state index in [0.29, 0.717) is 13.2 Å². The van der Waals surface area contributed by atoms with Crippen molar-refractivity contribution in [2.75, 3.05) is 13.2 Å². The third-order valence-electron chi connectivity index (χ3n) is 4.62. The number of aliphatic hydroxyl groups excluding tert-OH is 1. The molecule has 2 aromatic rings. The highest BCUT2D eigenvalue weighted by molar-refractivity contribution is 7.09. The Balaban J connectivity index is 1.54. The zero-order valence-corrected chi connectivity index (χ0v) is 15.2. The van der Waals surface area contributed by atoms with Crippen molar-refractivity contribution in [3.05, 3.63) is 45.9 Å². The number of aryl methyl sites for hydroxylation is 2. The fourth-order valence-corrected chi connectivity index (χ4v) is 4.25. The third kappa shape index (κ3) is 4.15. The van der Waals surface area contributed by atoms with Crippen LogP contribution in [0.2, 0.25) is 0 Å².